The predicted molar refractivity (Wildman–Crippen MR) is 82.0 cm³/mol. The minimum atomic E-state index is -0.316. The molecule has 0 bridgehead atoms. The Balaban J connectivity index is 1.95. The fourth-order valence-electron chi connectivity index (χ4n) is 2.12. The number of benzene rings is 2. The summed E-state index contributed by atoms with van der Waals surface area (Å²) >= 11 is 0. The second-order valence-corrected chi connectivity index (χ2v) is 5.03. The van der Waals surface area contributed by atoms with Crippen molar-refractivity contribution in [3.63, 3.8) is 0 Å². The lowest BCUT2D eigenvalue weighted by Gasteiger charge is -2.04. The summed E-state index contributed by atoms with van der Waals surface area (Å²) in [7, 11) is 0. The molecule has 0 unspecified atom stereocenters. The molecule has 0 fully saturated rings. The van der Waals surface area contributed by atoms with E-state index in [2.05, 4.69) is 10.2 Å². The Morgan fingerprint density at radius 1 is 0.955 bits per heavy atom. The third-order valence-corrected chi connectivity index (χ3v) is 3.37. The van der Waals surface area contributed by atoms with Crippen LogP contribution in [0.4, 0.5) is 4.39 Å². The zero-order valence-electron chi connectivity index (χ0n) is 12.0. The van der Waals surface area contributed by atoms with Crippen molar-refractivity contribution in [3.8, 4) is 11.3 Å². The molecule has 0 spiro atoms. The largest absolute Gasteiger partial charge is 0.289 e. The molecule has 0 amide bonds. The third kappa shape index (κ3) is 2.91. The Morgan fingerprint density at radius 2 is 1.64 bits per heavy atom. The van der Waals surface area contributed by atoms with E-state index in [1.807, 2.05) is 19.1 Å². The van der Waals surface area contributed by atoms with E-state index in [0.29, 0.717) is 22.4 Å². The number of carbonyl (C=O) groups is 1. The molecule has 0 aliphatic rings. The number of hydrogen-bond donors (Lipinski definition) is 0. The van der Waals surface area contributed by atoms with Gasteiger partial charge in [0.2, 0.25) is 0 Å². The fourth-order valence-corrected chi connectivity index (χ4v) is 2.12. The number of halogens is 1. The fraction of sp³-hybridized carbons (Fsp3) is 0.0556. The van der Waals surface area contributed by atoms with Crippen LogP contribution in [0.1, 0.15) is 21.5 Å². The highest BCUT2D eigenvalue weighted by molar-refractivity contribution is 6.09. The van der Waals surface area contributed by atoms with Gasteiger partial charge in [-0.05, 0) is 37.3 Å². The molecule has 3 nitrogen and oxygen atoms in total. The second-order valence-electron chi connectivity index (χ2n) is 5.03. The minimum absolute atomic E-state index is 0.113. The summed E-state index contributed by atoms with van der Waals surface area (Å²) in [5, 5.41) is 7.89. The Hall–Kier alpha value is -2.88. The molecule has 22 heavy (non-hydrogen) atoms. The Labute approximate surface area is 127 Å². The normalized spacial score (nSPS) is 10.5. The molecule has 0 saturated heterocycles. The summed E-state index contributed by atoms with van der Waals surface area (Å²) in [4.78, 5) is 12.5. The molecule has 1 aromatic heterocycles. The van der Waals surface area contributed by atoms with E-state index < -0.39 is 0 Å². The van der Waals surface area contributed by atoms with Gasteiger partial charge in [0.05, 0.1) is 11.9 Å². The Bertz CT molecular complexity index is 811. The molecule has 2 aromatic carbocycles. The van der Waals surface area contributed by atoms with Crippen LogP contribution in [0, 0.1) is 12.7 Å². The zero-order chi connectivity index (χ0) is 15.5. The maximum atomic E-state index is 13.0. The number of hydrogen-bond acceptors (Lipinski definition) is 3. The summed E-state index contributed by atoms with van der Waals surface area (Å²) in [6.45, 7) is 1.97. The lowest BCUT2D eigenvalue weighted by molar-refractivity contribution is 0.103. The lowest BCUT2D eigenvalue weighted by atomic mass is 10.0. The Morgan fingerprint density at radius 3 is 2.32 bits per heavy atom. The van der Waals surface area contributed by atoms with Crippen LogP contribution < -0.4 is 0 Å². The molecule has 0 aliphatic carbocycles. The van der Waals surface area contributed by atoms with Gasteiger partial charge in [0.1, 0.15) is 5.82 Å². The van der Waals surface area contributed by atoms with Gasteiger partial charge >= 0.3 is 0 Å². The van der Waals surface area contributed by atoms with Crippen LogP contribution >= 0.6 is 0 Å². The van der Waals surface area contributed by atoms with Crippen LogP contribution in [0.15, 0.2) is 60.8 Å². The number of nitrogens with zero attached hydrogens (tertiary/aromatic N) is 2. The molecule has 3 rings (SSSR count). The molecule has 0 atom stereocenters. The van der Waals surface area contributed by atoms with Crippen molar-refractivity contribution < 1.29 is 9.18 Å². The van der Waals surface area contributed by atoms with Crippen molar-refractivity contribution in [2.45, 2.75) is 6.92 Å². The molecule has 4 heteroatoms. The first-order chi connectivity index (χ1) is 10.6. The van der Waals surface area contributed by atoms with Gasteiger partial charge in [-0.15, -0.1) is 0 Å². The summed E-state index contributed by atoms with van der Waals surface area (Å²) in [5.74, 6) is -0.429. The van der Waals surface area contributed by atoms with Crippen LogP contribution in [0.25, 0.3) is 11.3 Å². The summed E-state index contributed by atoms with van der Waals surface area (Å²) in [5.41, 5.74) is 3.41. The molecular formula is C18H13FN2O. The smallest absolute Gasteiger partial charge is 0.194 e. The minimum Gasteiger partial charge on any atom is -0.289 e. The average molecular weight is 292 g/mol. The SMILES string of the molecule is Cc1ccc(C(=O)c2cnnc(-c3ccc(F)cc3)c2)cc1. The van der Waals surface area contributed by atoms with Crippen LogP contribution in [0.2, 0.25) is 0 Å². The topological polar surface area (TPSA) is 42.9 Å². The van der Waals surface area contributed by atoms with E-state index in [9.17, 15) is 9.18 Å². The van der Waals surface area contributed by atoms with E-state index in [-0.39, 0.29) is 11.6 Å². The maximum absolute atomic E-state index is 13.0. The predicted octanol–water partition coefficient (Wildman–Crippen LogP) is 3.82. The first-order valence-corrected chi connectivity index (χ1v) is 6.83. The van der Waals surface area contributed by atoms with Crippen LogP contribution in [-0.4, -0.2) is 16.0 Å². The van der Waals surface area contributed by atoms with E-state index in [0.717, 1.165) is 5.56 Å². The second kappa shape index (κ2) is 5.85. The molecule has 0 aliphatic heterocycles. The van der Waals surface area contributed by atoms with Crippen molar-refractivity contribution in [3.05, 3.63) is 83.3 Å². The highest BCUT2D eigenvalue weighted by atomic mass is 19.1. The molecule has 3 aromatic rings. The highest BCUT2D eigenvalue weighted by Gasteiger charge is 2.11. The molecule has 108 valence electrons. The number of rotatable bonds is 3. The zero-order valence-corrected chi connectivity index (χ0v) is 12.0. The van der Waals surface area contributed by atoms with Crippen molar-refractivity contribution >= 4 is 5.78 Å². The van der Waals surface area contributed by atoms with Gasteiger partial charge in [0.25, 0.3) is 0 Å². The number of aryl methyl sites for hydroxylation is 1. The van der Waals surface area contributed by atoms with E-state index in [4.69, 9.17) is 0 Å². The van der Waals surface area contributed by atoms with Crippen molar-refractivity contribution in [1.29, 1.82) is 0 Å². The lowest BCUT2D eigenvalue weighted by Crippen LogP contribution is -2.03. The highest BCUT2D eigenvalue weighted by Crippen LogP contribution is 2.19. The van der Waals surface area contributed by atoms with Crippen molar-refractivity contribution in [2.24, 2.45) is 0 Å². The van der Waals surface area contributed by atoms with Gasteiger partial charge in [-0.1, -0.05) is 29.8 Å². The summed E-state index contributed by atoms with van der Waals surface area (Å²) in [6.07, 6.45) is 1.44. The first kappa shape index (κ1) is 14.1. The quantitative estimate of drug-likeness (QED) is 0.689. The molecule has 0 saturated carbocycles. The number of carbonyl (C=O) groups excluding carboxylic acids is 1. The number of ketones is 1. The molecule has 0 N–H and O–H groups in total. The van der Waals surface area contributed by atoms with Crippen molar-refractivity contribution in [2.75, 3.05) is 0 Å². The number of aromatic nitrogens is 2. The van der Waals surface area contributed by atoms with Gasteiger partial charge in [0.15, 0.2) is 5.78 Å². The maximum Gasteiger partial charge on any atom is 0.194 e. The Kier molecular flexibility index (Phi) is 3.74. The standard InChI is InChI=1S/C18H13FN2O/c1-12-2-4-14(5-3-12)18(22)15-10-17(21-20-11-15)13-6-8-16(19)9-7-13/h2-11H,1H3. The van der Waals surface area contributed by atoms with Crippen LogP contribution in [-0.2, 0) is 0 Å². The van der Waals surface area contributed by atoms with E-state index >= 15 is 0 Å². The molecule has 1 heterocycles. The van der Waals surface area contributed by atoms with Gasteiger partial charge in [-0.3, -0.25) is 4.79 Å². The summed E-state index contributed by atoms with van der Waals surface area (Å²) in [6, 6.07) is 15.0. The third-order valence-electron chi connectivity index (χ3n) is 3.37. The van der Waals surface area contributed by atoms with Crippen molar-refractivity contribution in [1.82, 2.24) is 10.2 Å². The van der Waals surface area contributed by atoms with Crippen LogP contribution in [0.5, 0.6) is 0 Å². The van der Waals surface area contributed by atoms with Gasteiger partial charge in [-0.25, -0.2) is 4.39 Å². The molecular weight excluding hydrogens is 279 g/mol. The van der Waals surface area contributed by atoms with E-state index in [1.54, 1.807) is 30.3 Å². The average Bonchev–Trinajstić information content (AvgIpc) is 2.56. The summed E-state index contributed by atoms with van der Waals surface area (Å²) < 4.78 is 13.0. The monoisotopic (exact) mass is 292 g/mol. The van der Waals surface area contributed by atoms with Gasteiger partial charge in [0, 0.05) is 16.7 Å². The van der Waals surface area contributed by atoms with Gasteiger partial charge in [-0.2, -0.15) is 10.2 Å². The molecule has 0 radical (unpaired) electrons. The van der Waals surface area contributed by atoms with E-state index in [1.165, 1.54) is 18.3 Å². The van der Waals surface area contributed by atoms with Crippen LogP contribution in [0.3, 0.4) is 0 Å². The van der Waals surface area contributed by atoms with Gasteiger partial charge < -0.3 is 0 Å². The first-order valence-electron chi connectivity index (χ1n) is 6.83.